The average molecular weight is 208 g/mol. The van der Waals surface area contributed by atoms with Crippen LogP contribution in [0.3, 0.4) is 0 Å². The Morgan fingerprint density at radius 3 is 1.10 bits per heavy atom. The minimum atomic E-state index is -5.12. The molecule has 62 valence electrons. The summed E-state index contributed by atoms with van der Waals surface area (Å²) < 4.78 is 55.6. The predicted molar refractivity (Wildman–Crippen MR) is 34.1 cm³/mol. The first-order chi connectivity index (χ1) is 3.71. The van der Waals surface area contributed by atoms with Gasteiger partial charge in [-0.1, -0.05) is 0 Å². The van der Waals surface area contributed by atoms with E-state index in [4.69, 9.17) is 9.11 Å². The van der Waals surface area contributed by atoms with Crippen molar-refractivity contribution in [2.45, 2.75) is 0 Å². The molecule has 0 saturated heterocycles. The molecule has 2 N–H and O–H groups in total. The minimum absolute atomic E-state index is 0. The van der Waals surface area contributed by atoms with Crippen molar-refractivity contribution in [3.05, 3.63) is 0 Å². The van der Waals surface area contributed by atoms with E-state index in [-0.39, 0.29) is 17.4 Å². The summed E-state index contributed by atoms with van der Waals surface area (Å²) in [5, 5.41) is 0. The van der Waals surface area contributed by atoms with E-state index in [0.29, 0.717) is 0 Å². The van der Waals surface area contributed by atoms with Crippen molar-refractivity contribution in [1.82, 2.24) is 0 Å². The van der Waals surface area contributed by atoms with Gasteiger partial charge in [-0.3, -0.25) is 9.11 Å². The van der Waals surface area contributed by atoms with Gasteiger partial charge in [0.2, 0.25) is 0 Å². The molecule has 0 fully saturated rings. The zero-order chi connectivity index (χ0) is 7.71. The predicted octanol–water partition coefficient (Wildman–Crippen LogP) is -2.58. The fraction of sp³-hybridized carbons (Fsp3) is 0. The van der Waals surface area contributed by atoms with Crippen LogP contribution in [0.25, 0.3) is 0 Å². The van der Waals surface area contributed by atoms with Crippen LogP contribution in [0.4, 0.5) is 0 Å². The topological polar surface area (TPSA) is 118 Å². The Labute approximate surface area is 68.0 Å². The highest BCUT2D eigenvalue weighted by atomic mass is 32.3. The van der Waals surface area contributed by atoms with Crippen molar-refractivity contribution in [1.29, 1.82) is 0 Å². The summed E-state index contributed by atoms with van der Waals surface area (Å²) >= 11 is 0. The maximum atomic E-state index is 9.44. The molecule has 0 spiro atoms. The van der Waals surface area contributed by atoms with E-state index in [2.05, 4.69) is 3.63 Å². The van der Waals surface area contributed by atoms with Crippen molar-refractivity contribution in [2.24, 2.45) is 0 Å². The highest BCUT2D eigenvalue weighted by Gasteiger charge is 2.15. The van der Waals surface area contributed by atoms with Crippen LogP contribution in [0.5, 0.6) is 0 Å². The second-order valence-corrected chi connectivity index (χ2v) is 3.18. The standard InChI is InChI=1S/Al.H2O7S2.3H/c;1-8(2,3)7-9(4,5)6;;;/h;(H,1,2,3)(H,4,5,6);;;. The zero-order valence-electron chi connectivity index (χ0n) is 3.75. The summed E-state index contributed by atoms with van der Waals surface area (Å²) in [7, 11) is -10.2. The van der Waals surface area contributed by atoms with E-state index in [1.807, 2.05) is 0 Å². The van der Waals surface area contributed by atoms with Gasteiger partial charge < -0.3 is 0 Å². The van der Waals surface area contributed by atoms with E-state index < -0.39 is 20.8 Å². The Kier molecular flexibility index (Phi) is 4.70. The zero-order valence-corrected chi connectivity index (χ0v) is 5.39. The fourth-order valence-electron chi connectivity index (χ4n) is 0.109. The van der Waals surface area contributed by atoms with Crippen LogP contribution in [0.2, 0.25) is 0 Å². The Balaban J connectivity index is 0. The lowest BCUT2D eigenvalue weighted by molar-refractivity contribution is 0.344. The van der Waals surface area contributed by atoms with E-state index in [9.17, 15) is 16.8 Å². The molecule has 0 saturated carbocycles. The van der Waals surface area contributed by atoms with Crippen molar-refractivity contribution in [2.75, 3.05) is 0 Å². The minimum Gasteiger partial charge on any atom is -0.263 e. The van der Waals surface area contributed by atoms with Gasteiger partial charge in [0.05, 0.1) is 0 Å². The Morgan fingerprint density at radius 1 is 0.900 bits per heavy atom. The van der Waals surface area contributed by atoms with Gasteiger partial charge in [-0.2, -0.15) is 16.8 Å². The molecule has 0 aromatic carbocycles. The molecule has 0 radical (unpaired) electrons. The largest absolute Gasteiger partial charge is 0.413 e. The van der Waals surface area contributed by atoms with Crippen LogP contribution in [0.15, 0.2) is 0 Å². The molecule has 0 atom stereocenters. The van der Waals surface area contributed by atoms with Crippen LogP contribution in [-0.4, -0.2) is 43.3 Å². The van der Waals surface area contributed by atoms with Crippen molar-refractivity contribution in [3.8, 4) is 0 Å². The monoisotopic (exact) mass is 208 g/mol. The molecular weight excluding hydrogens is 203 g/mol. The maximum absolute atomic E-state index is 9.44. The second-order valence-electron chi connectivity index (χ2n) is 0.924. The summed E-state index contributed by atoms with van der Waals surface area (Å²) in [5.41, 5.74) is 0. The first kappa shape index (κ1) is 12.9. The third kappa shape index (κ3) is 11.2. The van der Waals surface area contributed by atoms with E-state index in [1.165, 1.54) is 0 Å². The van der Waals surface area contributed by atoms with Crippen molar-refractivity contribution in [3.63, 3.8) is 0 Å². The van der Waals surface area contributed by atoms with Gasteiger partial charge in [-0.25, -0.2) is 0 Å². The second kappa shape index (κ2) is 3.63. The number of rotatable bonds is 2. The molecule has 0 unspecified atom stereocenters. The van der Waals surface area contributed by atoms with Gasteiger partial charge in [-0.05, 0) is 0 Å². The Hall–Kier alpha value is 0.312. The lowest BCUT2D eigenvalue weighted by Crippen LogP contribution is -2.10. The smallest absolute Gasteiger partial charge is 0.263 e. The van der Waals surface area contributed by atoms with Crippen molar-refractivity contribution >= 4 is 38.2 Å². The molecule has 10 heteroatoms. The number of hydrogen-bond donors (Lipinski definition) is 2. The normalized spacial score (nSPS) is 12.2. The summed E-state index contributed by atoms with van der Waals surface area (Å²) in [6, 6.07) is 0. The molecular formula is H5AlO7S2. The molecule has 10 heavy (non-hydrogen) atoms. The van der Waals surface area contributed by atoms with Crippen molar-refractivity contribution < 1.29 is 29.6 Å². The van der Waals surface area contributed by atoms with Gasteiger partial charge in [-0.15, -0.1) is 3.63 Å². The molecule has 0 aliphatic heterocycles. The van der Waals surface area contributed by atoms with Gasteiger partial charge in [0, 0.05) is 0 Å². The fourth-order valence-corrected chi connectivity index (χ4v) is 0.978. The Morgan fingerprint density at radius 2 is 1.10 bits per heavy atom. The van der Waals surface area contributed by atoms with E-state index in [1.54, 1.807) is 0 Å². The third-order valence-corrected chi connectivity index (χ3v) is 1.55. The van der Waals surface area contributed by atoms with Crippen LogP contribution in [0, 0.1) is 0 Å². The van der Waals surface area contributed by atoms with Gasteiger partial charge in [0.15, 0.2) is 17.4 Å². The van der Waals surface area contributed by atoms with Gasteiger partial charge in [0.1, 0.15) is 0 Å². The molecule has 7 nitrogen and oxygen atoms in total. The van der Waals surface area contributed by atoms with Crippen LogP contribution < -0.4 is 0 Å². The molecule has 0 rings (SSSR count). The van der Waals surface area contributed by atoms with Crippen LogP contribution in [-0.2, 0) is 24.4 Å². The molecule has 0 aromatic rings. The lowest BCUT2D eigenvalue weighted by Gasteiger charge is -1.89. The average Bonchev–Trinajstić information content (AvgIpc) is 1.14. The summed E-state index contributed by atoms with van der Waals surface area (Å²) in [6.45, 7) is 0. The molecule has 0 aliphatic carbocycles. The first-order valence-corrected chi connectivity index (χ1v) is 4.10. The highest BCUT2D eigenvalue weighted by molar-refractivity contribution is 7.94. The lowest BCUT2D eigenvalue weighted by atomic mass is 15.8. The van der Waals surface area contributed by atoms with Crippen LogP contribution >= 0.6 is 0 Å². The molecule has 0 aliphatic rings. The van der Waals surface area contributed by atoms with Gasteiger partial charge in [0.25, 0.3) is 0 Å². The quantitative estimate of drug-likeness (QED) is 0.378. The molecule has 0 heterocycles. The van der Waals surface area contributed by atoms with Crippen LogP contribution in [0.1, 0.15) is 0 Å². The number of hydrogen-bond acceptors (Lipinski definition) is 5. The van der Waals surface area contributed by atoms with E-state index in [0.717, 1.165) is 0 Å². The maximum Gasteiger partial charge on any atom is 0.413 e. The van der Waals surface area contributed by atoms with Gasteiger partial charge >= 0.3 is 20.8 Å². The highest BCUT2D eigenvalue weighted by Crippen LogP contribution is 1.91. The summed E-state index contributed by atoms with van der Waals surface area (Å²) in [4.78, 5) is 0. The third-order valence-electron chi connectivity index (χ3n) is 0.172. The molecule has 0 amide bonds. The summed E-state index contributed by atoms with van der Waals surface area (Å²) in [5.74, 6) is 0. The Bertz CT molecular complexity index is 237. The molecule has 0 aromatic heterocycles. The summed E-state index contributed by atoms with van der Waals surface area (Å²) in [6.07, 6.45) is 0. The SMILES string of the molecule is O=S(=O)(O)OS(=O)(=O)O.[AlH3]. The van der Waals surface area contributed by atoms with E-state index >= 15 is 0 Å². The first-order valence-electron chi connectivity index (χ1n) is 1.37. The molecule has 0 bridgehead atoms.